The lowest BCUT2D eigenvalue weighted by Crippen LogP contribution is -2.32. The average molecular weight is 413 g/mol. The van der Waals surface area contributed by atoms with E-state index in [1.54, 1.807) is 29.6 Å². The molecule has 2 aromatic heterocycles. The lowest BCUT2D eigenvalue weighted by Gasteiger charge is -2.28. The van der Waals surface area contributed by atoms with Gasteiger partial charge in [-0.05, 0) is 39.6 Å². The quantitative estimate of drug-likeness (QED) is 0.475. The summed E-state index contributed by atoms with van der Waals surface area (Å²) < 4.78 is 11.5. The third-order valence-corrected chi connectivity index (χ3v) is 5.28. The molecule has 0 saturated carbocycles. The molecule has 3 aromatic rings. The number of rotatable bonds is 5. The highest BCUT2D eigenvalue weighted by Crippen LogP contribution is 2.39. The fraction of sp³-hybridized carbons (Fsp3) is 0.167. The van der Waals surface area contributed by atoms with Crippen molar-refractivity contribution in [2.75, 3.05) is 19.5 Å². The van der Waals surface area contributed by atoms with Gasteiger partial charge in [-0.3, -0.25) is 4.79 Å². The Morgan fingerprint density at radius 1 is 1.28 bits per heavy atom. The monoisotopic (exact) mass is 413 g/mol. The maximum Gasteiger partial charge on any atom is 0.355 e. The van der Waals surface area contributed by atoms with E-state index in [2.05, 4.69) is 20.8 Å². The predicted octanol–water partition coefficient (Wildman–Crippen LogP) is 1.77. The van der Waals surface area contributed by atoms with Crippen molar-refractivity contribution in [3.05, 3.63) is 57.4 Å². The molecule has 2 N–H and O–H groups in total. The number of hydrogen-bond acceptors (Lipinski definition) is 10. The van der Waals surface area contributed by atoms with Crippen LogP contribution in [0.15, 0.2) is 47.0 Å². The molecule has 10 nitrogen and oxygen atoms in total. The van der Waals surface area contributed by atoms with Crippen LogP contribution in [-0.2, 0) is 9.53 Å². The molecule has 1 aromatic carbocycles. The van der Waals surface area contributed by atoms with Gasteiger partial charge in [-0.1, -0.05) is 17.2 Å². The zero-order valence-electron chi connectivity index (χ0n) is 15.3. The number of carbonyl (C=O) groups is 2. The zero-order chi connectivity index (χ0) is 20.5. The molecular weight excluding hydrogens is 398 g/mol. The topological polar surface area (TPSA) is 128 Å². The van der Waals surface area contributed by atoms with Crippen LogP contribution in [0.1, 0.15) is 21.3 Å². The Labute approximate surface area is 168 Å². The molecule has 0 unspecified atom stereocenters. The molecule has 29 heavy (non-hydrogen) atoms. The van der Waals surface area contributed by atoms with Crippen LogP contribution in [0, 0.1) is 0 Å². The normalized spacial score (nSPS) is 15.4. The van der Waals surface area contributed by atoms with Gasteiger partial charge >= 0.3 is 5.97 Å². The van der Waals surface area contributed by atoms with E-state index in [0.717, 1.165) is 0 Å². The number of anilines is 1. The molecule has 0 radical (unpaired) electrons. The molecule has 4 rings (SSSR count). The summed E-state index contributed by atoms with van der Waals surface area (Å²) in [5.41, 5.74) is 0.605. The fourth-order valence-corrected chi connectivity index (χ4v) is 3.78. The van der Waals surface area contributed by atoms with Gasteiger partial charge in [-0.15, -0.1) is 11.3 Å². The van der Waals surface area contributed by atoms with Crippen molar-refractivity contribution in [2.45, 2.75) is 6.04 Å². The summed E-state index contributed by atoms with van der Waals surface area (Å²) in [4.78, 5) is 26.3. The number of ether oxygens (including phenoxy) is 2. The second-order valence-electron chi connectivity index (χ2n) is 5.99. The number of nitrogens with zero attached hydrogens (tertiary/aromatic N) is 4. The largest absolute Gasteiger partial charge is 0.504 e. The highest BCUT2D eigenvalue weighted by molar-refractivity contribution is 7.12. The van der Waals surface area contributed by atoms with Crippen LogP contribution in [0.2, 0.25) is 0 Å². The van der Waals surface area contributed by atoms with Crippen molar-refractivity contribution in [3.63, 3.8) is 0 Å². The minimum absolute atomic E-state index is 0.0507. The molecule has 3 heterocycles. The number of phenolic OH excluding ortho intramolecular Hbond substituents is 1. The second-order valence-corrected chi connectivity index (χ2v) is 6.94. The minimum Gasteiger partial charge on any atom is -0.504 e. The first-order chi connectivity index (χ1) is 14.0. The van der Waals surface area contributed by atoms with Gasteiger partial charge < -0.3 is 19.9 Å². The number of aromatic hydroxyl groups is 1. The fourth-order valence-electron chi connectivity index (χ4n) is 3.10. The highest BCUT2D eigenvalue weighted by atomic mass is 32.1. The van der Waals surface area contributed by atoms with Crippen LogP contribution >= 0.6 is 11.3 Å². The summed E-state index contributed by atoms with van der Waals surface area (Å²) in [5, 5.41) is 26.0. The summed E-state index contributed by atoms with van der Waals surface area (Å²) in [6.07, 6.45) is 0. The lowest BCUT2D eigenvalue weighted by atomic mass is 9.91. The smallest absolute Gasteiger partial charge is 0.355 e. The Bertz CT molecular complexity index is 1120. The Hall–Kier alpha value is -3.73. The van der Waals surface area contributed by atoms with Gasteiger partial charge in [0.1, 0.15) is 11.7 Å². The molecule has 1 aliphatic rings. The molecule has 0 spiro atoms. The summed E-state index contributed by atoms with van der Waals surface area (Å²) in [6.45, 7) is 0. The first-order valence-corrected chi connectivity index (χ1v) is 9.25. The number of phenols is 1. The van der Waals surface area contributed by atoms with Crippen molar-refractivity contribution >= 4 is 29.0 Å². The van der Waals surface area contributed by atoms with Crippen LogP contribution in [-0.4, -0.2) is 51.3 Å². The number of aromatic nitrogens is 4. The number of allylic oxidation sites excluding steroid dienone is 1. The van der Waals surface area contributed by atoms with E-state index < -0.39 is 12.0 Å². The Balaban J connectivity index is 1.97. The van der Waals surface area contributed by atoms with Gasteiger partial charge in [0, 0.05) is 0 Å². The van der Waals surface area contributed by atoms with Gasteiger partial charge in [0.2, 0.25) is 11.7 Å². The Kier molecular flexibility index (Phi) is 4.72. The van der Waals surface area contributed by atoms with E-state index >= 15 is 0 Å². The number of Topliss-reactive ketones (excluding diaryl/α,β-unsaturated/α-hetero) is 1. The van der Waals surface area contributed by atoms with E-state index in [0.29, 0.717) is 10.4 Å². The van der Waals surface area contributed by atoms with E-state index in [1.165, 1.54) is 36.3 Å². The van der Waals surface area contributed by atoms with E-state index in [1.807, 2.05) is 0 Å². The van der Waals surface area contributed by atoms with Crippen molar-refractivity contribution in [2.24, 2.45) is 0 Å². The van der Waals surface area contributed by atoms with Crippen molar-refractivity contribution in [3.8, 4) is 11.5 Å². The number of carbonyl (C=O) groups excluding carboxylic acids is 2. The van der Waals surface area contributed by atoms with E-state index in [-0.39, 0.29) is 34.5 Å². The molecule has 0 fully saturated rings. The standard InChI is InChI=1S/C18H15N5O5S/c1-27-11-8-9(5-6-10(11)24)15-13(16(25)12-4-3-7-29-12)14(17(26)28-2)19-18-20-21-22-23(15)18/h3-8,15,24H,1-2H3,(H,19,20,22)/t15-/m1/s1. The van der Waals surface area contributed by atoms with Crippen molar-refractivity contribution in [1.82, 2.24) is 20.2 Å². The number of esters is 1. The Morgan fingerprint density at radius 3 is 2.79 bits per heavy atom. The van der Waals surface area contributed by atoms with E-state index in [9.17, 15) is 14.7 Å². The number of thiophene rings is 1. The van der Waals surface area contributed by atoms with Gasteiger partial charge in [-0.25, -0.2) is 4.79 Å². The number of nitrogens with one attached hydrogen (secondary N) is 1. The average Bonchev–Trinajstić information content (AvgIpc) is 3.43. The van der Waals surface area contributed by atoms with Crippen molar-refractivity contribution < 1.29 is 24.2 Å². The maximum absolute atomic E-state index is 13.4. The second kappa shape index (κ2) is 7.36. The summed E-state index contributed by atoms with van der Waals surface area (Å²) >= 11 is 1.25. The molecule has 148 valence electrons. The Morgan fingerprint density at radius 2 is 2.10 bits per heavy atom. The highest BCUT2D eigenvalue weighted by Gasteiger charge is 2.39. The predicted molar refractivity (Wildman–Crippen MR) is 102 cm³/mol. The number of methoxy groups -OCH3 is 2. The first kappa shape index (κ1) is 18.6. The van der Waals surface area contributed by atoms with Crippen LogP contribution in [0.3, 0.4) is 0 Å². The summed E-state index contributed by atoms with van der Waals surface area (Å²) in [7, 11) is 2.64. The minimum atomic E-state index is -0.848. The molecule has 0 aliphatic carbocycles. The lowest BCUT2D eigenvalue weighted by molar-refractivity contribution is -0.136. The van der Waals surface area contributed by atoms with Crippen molar-refractivity contribution in [1.29, 1.82) is 0 Å². The number of tetrazole rings is 1. The number of ketones is 1. The van der Waals surface area contributed by atoms with Crippen LogP contribution in [0.25, 0.3) is 0 Å². The first-order valence-electron chi connectivity index (χ1n) is 8.37. The zero-order valence-corrected chi connectivity index (χ0v) is 16.1. The molecule has 1 aliphatic heterocycles. The van der Waals surface area contributed by atoms with Gasteiger partial charge in [0.05, 0.1) is 24.7 Å². The maximum atomic E-state index is 13.4. The van der Waals surface area contributed by atoms with Gasteiger partial charge in [0.25, 0.3) is 0 Å². The molecule has 0 amide bonds. The molecule has 0 saturated heterocycles. The van der Waals surface area contributed by atoms with Gasteiger partial charge in [-0.2, -0.15) is 4.68 Å². The third kappa shape index (κ3) is 3.10. The third-order valence-electron chi connectivity index (χ3n) is 4.42. The number of benzene rings is 1. The SMILES string of the molecule is COC(=O)C1=C(C(=O)c2cccs2)[C@@H](c2ccc(O)c(OC)c2)n2nnnc2N1. The molecule has 1 atom stereocenters. The van der Waals surface area contributed by atoms with E-state index in [4.69, 9.17) is 9.47 Å². The van der Waals surface area contributed by atoms with Gasteiger partial charge in [0.15, 0.2) is 11.5 Å². The summed E-state index contributed by atoms with van der Waals surface area (Å²) in [5.74, 6) is -0.783. The number of fused-ring (bicyclic) bond motifs is 1. The molecular formula is C18H15N5O5S. The molecule has 0 bridgehead atoms. The number of hydrogen-bond donors (Lipinski definition) is 2. The summed E-state index contributed by atoms with van der Waals surface area (Å²) in [6, 6.07) is 7.17. The van der Waals surface area contributed by atoms with Crippen LogP contribution in [0.4, 0.5) is 5.95 Å². The van der Waals surface area contributed by atoms with Crippen LogP contribution < -0.4 is 10.1 Å². The molecule has 11 heteroatoms. The van der Waals surface area contributed by atoms with Crippen LogP contribution in [0.5, 0.6) is 11.5 Å².